The maximum absolute atomic E-state index is 12.0. The van der Waals surface area contributed by atoms with Crippen molar-refractivity contribution < 1.29 is 54.8 Å². The highest BCUT2D eigenvalue weighted by Crippen LogP contribution is 2.37. The van der Waals surface area contributed by atoms with Gasteiger partial charge >= 0.3 is 11.7 Å². The Morgan fingerprint density at radius 1 is 1.33 bits per heavy atom. The smallest absolute Gasteiger partial charge is 0.364 e. The molecule has 0 aliphatic carbocycles. The van der Waals surface area contributed by atoms with Gasteiger partial charge in [-0.3, -0.25) is 4.57 Å². The number of hydrogen-bond acceptors (Lipinski definition) is 13. The van der Waals surface area contributed by atoms with Crippen LogP contribution in [0.4, 0.5) is 5.82 Å². The molecule has 0 radical (unpaired) electrons. The molecule has 36 heavy (non-hydrogen) atoms. The number of rotatable bonds is 10. The van der Waals surface area contributed by atoms with Crippen LogP contribution in [0.1, 0.15) is 32.4 Å². The van der Waals surface area contributed by atoms with E-state index in [9.17, 15) is 40.2 Å². The van der Waals surface area contributed by atoms with Gasteiger partial charge in [-0.05, 0) is 18.9 Å². The second kappa shape index (κ2) is 11.5. The first kappa shape index (κ1) is 28.4. The molecule has 0 amide bonds. The molecule has 0 aromatic carbocycles. The Bertz CT molecular complexity index is 962. The second-order valence-electron chi connectivity index (χ2n) is 9.09. The molecule has 204 valence electrons. The number of carbonyl (C=O) groups is 1. The average molecular weight is 520 g/mol. The highest BCUT2D eigenvalue weighted by molar-refractivity contribution is 5.76. The Balaban J connectivity index is 1.62. The van der Waals surface area contributed by atoms with Gasteiger partial charge in [0, 0.05) is 18.5 Å². The third-order valence-corrected chi connectivity index (χ3v) is 6.60. The van der Waals surface area contributed by atoms with Crippen LogP contribution in [0.3, 0.4) is 0 Å². The van der Waals surface area contributed by atoms with Gasteiger partial charge in [0.2, 0.25) is 0 Å². The molecule has 15 nitrogen and oxygen atoms in total. The molecule has 2 fully saturated rings. The lowest BCUT2D eigenvalue weighted by Gasteiger charge is -2.45. The molecule has 3 unspecified atom stereocenters. The zero-order valence-electron chi connectivity index (χ0n) is 19.5. The molecule has 3 rings (SSSR count). The number of ether oxygens (including phenoxy) is 3. The number of anilines is 1. The van der Waals surface area contributed by atoms with Gasteiger partial charge in [0.15, 0.2) is 6.23 Å². The van der Waals surface area contributed by atoms with Crippen LogP contribution in [0.25, 0.3) is 0 Å². The van der Waals surface area contributed by atoms with E-state index in [-0.39, 0.29) is 25.3 Å². The Morgan fingerprint density at radius 2 is 2.03 bits per heavy atom. The summed E-state index contributed by atoms with van der Waals surface area (Å²) < 4.78 is 17.6. The molecule has 10 atom stereocenters. The van der Waals surface area contributed by atoms with Gasteiger partial charge in [0.05, 0.1) is 31.5 Å². The summed E-state index contributed by atoms with van der Waals surface area (Å²) in [5.74, 6) is -4.70. The first-order valence-electron chi connectivity index (χ1n) is 11.5. The Hall–Kier alpha value is -2.21. The SMILES string of the molecule is C[C@H]1C([C@H](O)[C@H](O)CO)OC(OCCC[C@H]2O[C@@H](n3ccc(N)nc3=O)C(O)[C@H]2O)(C(=O)O)C[C@@H]1O. The number of aromatic nitrogens is 2. The minimum Gasteiger partial charge on any atom is -0.477 e. The summed E-state index contributed by atoms with van der Waals surface area (Å²) in [6.45, 7) is 0.451. The van der Waals surface area contributed by atoms with E-state index in [0.717, 1.165) is 4.57 Å². The van der Waals surface area contributed by atoms with Crippen molar-refractivity contribution in [2.45, 2.75) is 80.9 Å². The molecule has 1 aromatic rings. The van der Waals surface area contributed by atoms with Crippen molar-refractivity contribution >= 4 is 11.8 Å². The highest BCUT2D eigenvalue weighted by atomic mass is 16.7. The fourth-order valence-corrected chi connectivity index (χ4v) is 4.39. The molecule has 0 spiro atoms. The van der Waals surface area contributed by atoms with Crippen LogP contribution >= 0.6 is 0 Å². The van der Waals surface area contributed by atoms with Crippen molar-refractivity contribution in [1.29, 1.82) is 0 Å². The van der Waals surface area contributed by atoms with Crippen LogP contribution in [0.15, 0.2) is 17.1 Å². The fourth-order valence-electron chi connectivity index (χ4n) is 4.39. The van der Waals surface area contributed by atoms with Crippen LogP contribution in [0, 0.1) is 5.92 Å². The first-order valence-corrected chi connectivity index (χ1v) is 11.5. The number of nitrogens with zero attached hydrogens (tertiary/aromatic N) is 2. The molecule has 1 aromatic heterocycles. The topological polar surface area (TPSA) is 247 Å². The third-order valence-electron chi connectivity index (χ3n) is 6.60. The number of aliphatic hydroxyl groups excluding tert-OH is 6. The molecule has 9 N–H and O–H groups in total. The van der Waals surface area contributed by atoms with Crippen molar-refractivity contribution in [1.82, 2.24) is 9.55 Å². The number of carboxylic acid groups (broad SMARTS) is 1. The molecular formula is C21H33N3O12. The summed E-state index contributed by atoms with van der Waals surface area (Å²) in [6.07, 6.45) is -9.84. The summed E-state index contributed by atoms with van der Waals surface area (Å²) in [7, 11) is 0. The largest absolute Gasteiger partial charge is 0.477 e. The fraction of sp³-hybridized carbons (Fsp3) is 0.762. The highest BCUT2D eigenvalue weighted by Gasteiger charge is 2.54. The predicted octanol–water partition coefficient (Wildman–Crippen LogP) is -3.48. The summed E-state index contributed by atoms with van der Waals surface area (Å²) in [6, 6.07) is 1.33. The van der Waals surface area contributed by atoms with Gasteiger partial charge in [0.25, 0.3) is 5.79 Å². The minimum absolute atomic E-state index is 0.0181. The quantitative estimate of drug-likeness (QED) is 0.140. The lowest BCUT2D eigenvalue weighted by Crippen LogP contribution is -2.61. The molecular weight excluding hydrogens is 486 g/mol. The first-order chi connectivity index (χ1) is 16.9. The number of nitrogen functional groups attached to an aromatic ring is 1. The Labute approximate surface area is 205 Å². The minimum atomic E-state index is -2.34. The van der Waals surface area contributed by atoms with Crippen LogP contribution in [-0.4, -0.2) is 113 Å². The van der Waals surface area contributed by atoms with Crippen LogP contribution in [-0.2, 0) is 19.0 Å². The lowest BCUT2D eigenvalue weighted by molar-refractivity contribution is -0.318. The molecule has 3 heterocycles. The lowest BCUT2D eigenvalue weighted by atomic mass is 9.84. The van der Waals surface area contributed by atoms with E-state index in [0.29, 0.717) is 0 Å². The number of aliphatic carboxylic acids is 1. The van der Waals surface area contributed by atoms with Crippen molar-refractivity contribution in [2.75, 3.05) is 18.9 Å². The van der Waals surface area contributed by atoms with E-state index in [1.54, 1.807) is 0 Å². The van der Waals surface area contributed by atoms with Gasteiger partial charge in [-0.2, -0.15) is 4.98 Å². The summed E-state index contributed by atoms with van der Waals surface area (Å²) in [4.78, 5) is 27.6. The van der Waals surface area contributed by atoms with Crippen LogP contribution in [0.2, 0.25) is 0 Å². The van der Waals surface area contributed by atoms with Gasteiger partial charge in [-0.1, -0.05) is 6.92 Å². The van der Waals surface area contributed by atoms with Gasteiger partial charge in [-0.15, -0.1) is 0 Å². The van der Waals surface area contributed by atoms with E-state index in [1.165, 1.54) is 19.2 Å². The Kier molecular flexibility index (Phi) is 9.02. The van der Waals surface area contributed by atoms with Crippen molar-refractivity contribution in [3.63, 3.8) is 0 Å². The maximum atomic E-state index is 12.0. The molecule has 0 saturated carbocycles. The molecule has 2 aliphatic rings. The van der Waals surface area contributed by atoms with Gasteiger partial charge in [-0.25, -0.2) is 9.59 Å². The maximum Gasteiger partial charge on any atom is 0.364 e. The van der Waals surface area contributed by atoms with Gasteiger partial charge < -0.3 is 55.7 Å². The monoisotopic (exact) mass is 519 g/mol. The summed E-state index contributed by atoms with van der Waals surface area (Å²) in [5, 5.41) is 70.0. The molecule has 2 aliphatic heterocycles. The van der Waals surface area contributed by atoms with Crippen LogP contribution < -0.4 is 11.4 Å². The van der Waals surface area contributed by atoms with Gasteiger partial charge in [0.1, 0.15) is 30.2 Å². The zero-order chi connectivity index (χ0) is 26.8. The van der Waals surface area contributed by atoms with E-state index in [4.69, 9.17) is 25.1 Å². The number of hydrogen-bond donors (Lipinski definition) is 8. The third kappa shape index (κ3) is 5.69. The summed E-state index contributed by atoms with van der Waals surface area (Å²) >= 11 is 0. The van der Waals surface area contributed by atoms with E-state index in [2.05, 4.69) is 4.98 Å². The van der Waals surface area contributed by atoms with Crippen molar-refractivity contribution in [2.24, 2.45) is 5.92 Å². The second-order valence-corrected chi connectivity index (χ2v) is 9.09. The van der Waals surface area contributed by atoms with E-state index < -0.39 is 85.3 Å². The van der Waals surface area contributed by atoms with Crippen LogP contribution in [0.5, 0.6) is 0 Å². The van der Waals surface area contributed by atoms with Crippen molar-refractivity contribution in [3.8, 4) is 0 Å². The standard InChI is InChI=1S/C21H33N3O12/c1-9-10(26)7-21(19(31)32,36-17(9)14(28)11(27)8-25)34-6-2-3-12-15(29)16(30)18(35-12)24-5-4-13(22)23-20(24)33/h4-5,9-12,14-18,25-30H,2-3,6-8H2,1H3,(H,31,32)(H2,22,23,33)/t9-,10+,11-,12-,14-,15+,16?,17?,18-,21?/m1/s1. The van der Waals surface area contributed by atoms with E-state index >= 15 is 0 Å². The van der Waals surface area contributed by atoms with Crippen molar-refractivity contribution in [3.05, 3.63) is 22.7 Å². The molecule has 2 saturated heterocycles. The number of aliphatic hydroxyl groups is 6. The number of carboxylic acids is 1. The summed E-state index contributed by atoms with van der Waals surface area (Å²) in [5.41, 5.74) is 4.68. The number of nitrogens with two attached hydrogens (primary N) is 1. The average Bonchev–Trinajstić information content (AvgIpc) is 3.11. The normalized spacial score (nSPS) is 36.5. The van der Waals surface area contributed by atoms with E-state index in [1.807, 2.05) is 0 Å². The Morgan fingerprint density at radius 3 is 2.64 bits per heavy atom. The zero-order valence-corrected chi connectivity index (χ0v) is 19.5. The predicted molar refractivity (Wildman–Crippen MR) is 118 cm³/mol. The molecule has 0 bridgehead atoms. The molecule has 15 heteroatoms.